The Morgan fingerprint density at radius 3 is 2.52 bits per heavy atom. The van der Waals surface area contributed by atoms with Gasteiger partial charge < -0.3 is 14.7 Å². The van der Waals surface area contributed by atoms with Crippen LogP contribution in [-0.2, 0) is 10.0 Å². The van der Waals surface area contributed by atoms with Gasteiger partial charge in [-0.1, -0.05) is 18.2 Å². The number of primary sulfonamides is 1. The summed E-state index contributed by atoms with van der Waals surface area (Å²) >= 11 is 0. The van der Waals surface area contributed by atoms with Crippen LogP contribution in [0.3, 0.4) is 0 Å². The van der Waals surface area contributed by atoms with E-state index in [2.05, 4.69) is 19.9 Å². The molecule has 4 rings (SSSR count). The van der Waals surface area contributed by atoms with E-state index in [0.29, 0.717) is 29.4 Å². The Balaban J connectivity index is 1.80. The second-order valence-corrected chi connectivity index (χ2v) is 7.79. The third kappa shape index (κ3) is 3.62. The van der Waals surface area contributed by atoms with Crippen LogP contribution in [0.1, 0.15) is 6.92 Å². The summed E-state index contributed by atoms with van der Waals surface area (Å²) in [5.74, 6) is 0.883. The van der Waals surface area contributed by atoms with Crippen molar-refractivity contribution in [1.29, 1.82) is 0 Å². The number of ether oxygens (including phenoxy) is 1. The molecule has 0 radical (unpaired) electrons. The number of benzene rings is 2. The maximum Gasteiger partial charge on any atom is 0.279 e. The van der Waals surface area contributed by atoms with Crippen LogP contribution in [0.25, 0.3) is 33.7 Å². The zero-order valence-corrected chi connectivity index (χ0v) is 16.2. The van der Waals surface area contributed by atoms with E-state index in [9.17, 15) is 13.2 Å². The fourth-order valence-electron chi connectivity index (χ4n) is 2.98. The van der Waals surface area contributed by atoms with Crippen LogP contribution in [-0.4, -0.2) is 35.0 Å². The van der Waals surface area contributed by atoms with Crippen LogP contribution in [0.2, 0.25) is 0 Å². The van der Waals surface area contributed by atoms with Crippen molar-refractivity contribution in [1.82, 2.24) is 19.9 Å². The van der Waals surface area contributed by atoms with Crippen molar-refractivity contribution >= 4 is 21.2 Å². The first-order valence-corrected chi connectivity index (χ1v) is 10.3. The summed E-state index contributed by atoms with van der Waals surface area (Å²) < 4.78 is 28.6. The molecule has 2 aromatic heterocycles. The van der Waals surface area contributed by atoms with Crippen LogP contribution in [0.15, 0.2) is 58.5 Å². The first-order valence-electron chi connectivity index (χ1n) is 8.70. The predicted octanol–water partition coefficient (Wildman–Crippen LogP) is 2.03. The molecule has 0 bridgehead atoms. The molecule has 4 N–H and O–H groups in total. The normalized spacial score (nSPS) is 11.7. The lowest BCUT2D eigenvalue weighted by Crippen LogP contribution is -2.11. The minimum Gasteiger partial charge on any atom is -0.493 e. The SMILES string of the molecule is CCOc1cc(-c2ccc(S(N)(=O)=O)cc2)ccc1-c1nc2[nH]cnc2c(=O)[nH]1. The summed E-state index contributed by atoms with van der Waals surface area (Å²) in [5.41, 5.74) is 2.48. The Morgan fingerprint density at radius 1 is 1.10 bits per heavy atom. The van der Waals surface area contributed by atoms with Crippen LogP contribution >= 0.6 is 0 Å². The molecule has 0 fully saturated rings. The van der Waals surface area contributed by atoms with Crippen LogP contribution in [0.5, 0.6) is 5.75 Å². The molecule has 0 spiro atoms. The van der Waals surface area contributed by atoms with Gasteiger partial charge in [-0.25, -0.2) is 23.5 Å². The summed E-state index contributed by atoms with van der Waals surface area (Å²) in [4.78, 5) is 26.2. The van der Waals surface area contributed by atoms with Crippen molar-refractivity contribution in [3.8, 4) is 28.3 Å². The largest absolute Gasteiger partial charge is 0.493 e. The third-order valence-corrected chi connectivity index (χ3v) is 5.27. The van der Waals surface area contributed by atoms with Crippen LogP contribution < -0.4 is 15.4 Å². The molecule has 2 aromatic carbocycles. The van der Waals surface area contributed by atoms with Gasteiger partial charge >= 0.3 is 0 Å². The van der Waals surface area contributed by atoms with E-state index in [1.54, 1.807) is 18.2 Å². The van der Waals surface area contributed by atoms with Crippen molar-refractivity contribution in [2.75, 3.05) is 6.61 Å². The summed E-state index contributed by atoms with van der Waals surface area (Å²) in [6, 6.07) is 11.7. The summed E-state index contributed by atoms with van der Waals surface area (Å²) in [7, 11) is -3.75. The van der Waals surface area contributed by atoms with E-state index >= 15 is 0 Å². The minimum absolute atomic E-state index is 0.0394. The average molecular weight is 411 g/mol. The number of fused-ring (bicyclic) bond motifs is 1. The molecule has 0 aliphatic rings. The van der Waals surface area contributed by atoms with Crippen molar-refractivity contribution in [2.24, 2.45) is 5.14 Å². The molecule has 0 aliphatic heterocycles. The second-order valence-electron chi connectivity index (χ2n) is 6.23. The number of nitrogens with one attached hydrogen (secondary N) is 2. The smallest absolute Gasteiger partial charge is 0.279 e. The maximum atomic E-state index is 12.2. The maximum absolute atomic E-state index is 12.2. The number of imidazole rings is 1. The quantitative estimate of drug-likeness (QED) is 0.458. The summed E-state index contributed by atoms with van der Waals surface area (Å²) in [6.07, 6.45) is 1.41. The number of hydrogen-bond donors (Lipinski definition) is 3. The number of sulfonamides is 1. The molecule has 148 valence electrons. The van der Waals surface area contributed by atoms with Crippen LogP contribution in [0.4, 0.5) is 0 Å². The molecule has 29 heavy (non-hydrogen) atoms. The van der Waals surface area contributed by atoms with E-state index in [4.69, 9.17) is 9.88 Å². The van der Waals surface area contributed by atoms with Crippen molar-refractivity contribution in [3.63, 3.8) is 0 Å². The molecule has 4 aromatic rings. The van der Waals surface area contributed by atoms with Gasteiger partial charge in [0.25, 0.3) is 5.56 Å². The Kier molecular flexibility index (Phi) is 4.65. The van der Waals surface area contributed by atoms with Crippen molar-refractivity contribution in [3.05, 3.63) is 59.1 Å². The number of aromatic amines is 2. The molecule has 0 saturated carbocycles. The summed E-state index contributed by atoms with van der Waals surface area (Å²) in [6.45, 7) is 2.27. The van der Waals surface area contributed by atoms with Gasteiger partial charge in [0.1, 0.15) is 11.6 Å². The van der Waals surface area contributed by atoms with Gasteiger partial charge in [0.2, 0.25) is 10.0 Å². The first kappa shape index (κ1) is 18.8. The van der Waals surface area contributed by atoms with Gasteiger partial charge in [0, 0.05) is 0 Å². The first-order chi connectivity index (χ1) is 13.9. The number of nitrogens with two attached hydrogens (primary N) is 1. The highest BCUT2D eigenvalue weighted by Crippen LogP contribution is 2.33. The molecule has 0 saturated heterocycles. The van der Waals surface area contributed by atoms with Crippen molar-refractivity contribution < 1.29 is 13.2 Å². The number of aromatic nitrogens is 4. The monoisotopic (exact) mass is 411 g/mol. The number of H-pyrrole nitrogens is 2. The topological polar surface area (TPSA) is 144 Å². The molecule has 2 heterocycles. The molecule has 10 heteroatoms. The zero-order valence-electron chi connectivity index (χ0n) is 15.3. The van der Waals surface area contributed by atoms with E-state index < -0.39 is 10.0 Å². The standard InChI is InChI=1S/C19H17N5O4S/c1-2-28-15-9-12(11-3-6-13(7-4-11)29(20,26)27)5-8-14(15)17-23-18-16(19(25)24-17)21-10-22-18/h3-10H,2H2,1H3,(H2,20,26,27)(H2,21,22,23,24,25). The van der Waals surface area contributed by atoms with Crippen molar-refractivity contribution in [2.45, 2.75) is 11.8 Å². The van der Waals surface area contributed by atoms with E-state index in [1.165, 1.54) is 18.5 Å². The Bertz CT molecular complexity index is 1360. The van der Waals surface area contributed by atoms with Crippen LogP contribution in [0, 0.1) is 0 Å². The zero-order chi connectivity index (χ0) is 20.6. The summed E-state index contributed by atoms with van der Waals surface area (Å²) in [5, 5.41) is 5.15. The average Bonchev–Trinajstić information content (AvgIpc) is 3.17. The van der Waals surface area contributed by atoms with E-state index in [0.717, 1.165) is 11.1 Å². The molecular formula is C19H17N5O4S. The lowest BCUT2D eigenvalue weighted by molar-refractivity contribution is 0.341. The van der Waals surface area contributed by atoms with E-state index in [-0.39, 0.29) is 16.0 Å². The predicted molar refractivity (Wildman–Crippen MR) is 108 cm³/mol. The van der Waals surface area contributed by atoms with Gasteiger partial charge in [-0.15, -0.1) is 0 Å². The molecule has 0 aliphatic carbocycles. The molecule has 0 atom stereocenters. The second kappa shape index (κ2) is 7.15. The Hall–Kier alpha value is -3.50. The lowest BCUT2D eigenvalue weighted by Gasteiger charge is -2.12. The van der Waals surface area contributed by atoms with Gasteiger partial charge in [0.05, 0.1) is 23.4 Å². The lowest BCUT2D eigenvalue weighted by atomic mass is 10.0. The molecule has 9 nitrogen and oxygen atoms in total. The molecular weight excluding hydrogens is 394 g/mol. The molecule has 0 unspecified atom stereocenters. The van der Waals surface area contributed by atoms with Gasteiger partial charge in [0.15, 0.2) is 11.2 Å². The number of hydrogen-bond acceptors (Lipinski definition) is 6. The molecule has 0 amide bonds. The van der Waals surface area contributed by atoms with Gasteiger partial charge in [-0.05, 0) is 42.3 Å². The third-order valence-electron chi connectivity index (χ3n) is 4.34. The fraction of sp³-hybridized carbons (Fsp3) is 0.105. The highest BCUT2D eigenvalue weighted by Gasteiger charge is 2.14. The van der Waals surface area contributed by atoms with Gasteiger partial charge in [-0.3, -0.25) is 4.79 Å². The number of rotatable bonds is 5. The Morgan fingerprint density at radius 2 is 1.83 bits per heavy atom. The van der Waals surface area contributed by atoms with E-state index in [1.807, 2.05) is 19.1 Å². The Labute approximate surface area is 165 Å². The fourth-order valence-corrected chi connectivity index (χ4v) is 3.50. The minimum atomic E-state index is -3.75. The number of nitrogens with zero attached hydrogens (tertiary/aromatic N) is 2. The highest BCUT2D eigenvalue weighted by molar-refractivity contribution is 7.89. The van der Waals surface area contributed by atoms with Gasteiger partial charge in [-0.2, -0.15) is 0 Å². The highest BCUT2D eigenvalue weighted by atomic mass is 32.2.